The molecule has 0 spiro atoms. The molecular weight excluding hydrogens is 406 g/mol. The topological polar surface area (TPSA) is 88.9 Å². The lowest BCUT2D eigenvalue weighted by Gasteiger charge is -2.07. The molecule has 3 aromatic heterocycles. The minimum Gasteiger partial charge on any atom is -0.345 e. The van der Waals surface area contributed by atoms with Crippen molar-refractivity contribution in [3.63, 3.8) is 0 Å². The SMILES string of the molecule is Cc1nc(-c2ccccn2)sc1C(=O)NNC(=O)c1cc(Br)cn1C. The second-order valence-electron chi connectivity index (χ2n) is 5.21. The van der Waals surface area contributed by atoms with Crippen molar-refractivity contribution in [1.82, 2.24) is 25.4 Å². The van der Waals surface area contributed by atoms with E-state index in [4.69, 9.17) is 0 Å². The molecule has 128 valence electrons. The van der Waals surface area contributed by atoms with Crippen LogP contribution in [0.2, 0.25) is 0 Å². The van der Waals surface area contributed by atoms with Crippen LogP contribution in [0.15, 0.2) is 41.1 Å². The number of nitrogens with zero attached hydrogens (tertiary/aromatic N) is 3. The summed E-state index contributed by atoms with van der Waals surface area (Å²) in [5.41, 5.74) is 6.54. The molecule has 9 heteroatoms. The maximum atomic E-state index is 12.3. The van der Waals surface area contributed by atoms with E-state index in [9.17, 15) is 9.59 Å². The van der Waals surface area contributed by atoms with Crippen molar-refractivity contribution in [1.29, 1.82) is 0 Å². The second-order valence-corrected chi connectivity index (χ2v) is 7.13. The van der Waals surface area contributed by atoms with Gasteiger partial charge in [-0.3, -0.25) is 25.4 Å². The fourth-order valence-electron chi connectivity index (χ4n) is 2.19. The number of aromatic nitrogens is 3. The maximum absolute atomic E-state index is 12.3. The Labute approximate surface area is 156 Å². The normalized spacial score (nSPS) is 10.5. The number of thiazole rings is 1. The number of hydrogen-bond donors (Lipinski definition) is 2. The Bertz CT molecular complexity index is 935. The van der Waals surface area contributed by atoms with E-state index >= 15 is 0 Å². The highest BCUT2D eigenvalue weighted by Crippen LogP contribution is 2.26. The molecule has 0 fully saturated rings. The number of pyridine rings is 1. The highest BCUT2D eigenvalue weighted by Gasteiger charge is 2.18. The van der Waals surface area contributed by atoms with Crippen LogP contribution in [-0.2, 0) is 7.05 Å². The third kappa shape index (κ3) is 3.77. The summed E-state index contributed by atoms with van der Waals surface area (Å²) < 4.78 is 2.44. The minimum absolute atomic E-state index is 0.409. The zero-order valence-electron chi connectivity index (χ0n) is 13.4. The van der Waals surface area contributed by atoms with Crippen molar-refractivity contribution in [3.05, 3.63) is 57.4 Å². The average Bonchev–Trinajstić information content (AvgIpc) is 3.15. The number of amides is 2. The Morgan fingerprint density at radius 3 is 2.64 bits per heavy atom. The molecule has 0 atom stereocenters. The smallest absolute Gasteiger partial charge is 0.286 e. The Balaban J connectivity index is 1.71. The largest absolute Gasteiger partial charge is 0.345 e. The van der Waals surface area contributed by atoms with Crippen LogP contribution in [0.3, 0.4) is 0 Å². The van der Waals surface area contributed by atoms with Gasteiger partial charge in [0, 0.05) is 23.9 Å². The van der Waals surface area contributed by atoms with Gasteiger partial charge in [-0.2, -0.15) is 0 Å². The molecule has 2 N–H and O–H groups in total. The van der Waals surface area contributed by atoms with Gasteiger partial charge in [-0.15, -0.1) is 11.3 Å². The van der Waals surface area contributed by atoms with Crippen LogP contribution in [0.5, 0.6) is 0 Å². The summed E-state index contributed by atoms with van der Waals surface area (Å²) in [5.74, 6) is -0.826. The molecule has 0 aliphatic heterocycles. The van der Waals surface area contributed by atoms with Gasteiger partial charge in [-0.05, 0) is 41.1 Å². The van der Waals surface area contributed by atoms with Crippen molar-refractivity contribution in [2.24, 2.45) is 7.05 Å². The van der Waals surface area contributed by atoms with Crippen LogP contribution >= 0.6 is 27.3 Å². The summed E-state index contributed by atoms with van der Waals surface area (Å²) in [6, 6.07) is 7.17. The Hall–Kier alpha value is -2.52. The molecule has 0 saturated heterocycles. The summed E-state index contributed by atoms with van der Waals surface area (Å²) >= 11 is 4.53. The summed E-state index contributed by atoms with van der Waals surface area (Å²) in [7, 11) is 1.74. The Morgan fingerprint density at radius 1 is 1.24 bits per heavy atom. The number of hydrazine groups is 1. The molecule has 0 bridgehead atoms. The minimum atomic E-state index is -0.418. The first kappa shape index (κ1) is 17.3. The summed E-state index contributed by atoms with van der Waals surface area (Å²) in [4.78, 5) is 33.5. The first-order valence-electron chi connectivity index (χ1n) is 7.27. The maximum Gasteiger partial charge on any atom is 0.286 e. The van der Waals surface area contributed by atoms with E-state index in [0.717, 1.165) is 4.47 Å². The highest BCUT2D eigenvalue weighted by molar-refractivity contribution is 9.10. The van der Waals surface area contributed by atoms with Gasteiger partial charge in [0.2, 0.25) is 0 Å². The van der Waals surface area contributed by atoms with Crippen LogP contribution in [0, 0.1) is 6.92 Å². The van der Waals surface area contributed by atoms with Crippen molar-refractivity contribution in [2.45, 2.75) is 6.92 Å². The zero-order valence-corrected chi connectivity index (χ0v) is 15.8. The first-order chi connectivity index (χ1) is 12.0. The van der Waals surface area contributed by atoms with Gasteiger partial charge in [-0.25, -0.2) is 4.98 Å². The van der Waals surface area contributed by atoms with Crippen molar-refractivity contribution < 1.29 is 9.59 Å². The second kappa shape index (κ2) is 7.16. The number of carbonyl (C=O) groups is 2. The lowest BCUT2D eigenvalue weighted by Crippen LogP contribution is -2.42. The molecule has 3 rings (SSSR count). The number of hydrogen-bond acceptors (Lipinski definition) is 5. The molecular formula is C16H14BrN5O2S. The molecule has 0 saturated carbocycles. The lowest BCUT2D eigenvalue weighted by atomic mass is 10.3. The van der Waals surface area contributed by atoms with Crippen LogP contribution in [0.25, 0.3) is 10.7 Å². The number of nitrogens with one attached hydrogen (secondary N) is 2. The van der Waals surface area contributed by atoms with Gasteiger partial charge in [-0.1, -0.05) is 6.07 Å². The highest BCUT2D eigenvalue weighted by atomic mass is 79.9. The summed E-state index contributed by atoms with van der Waals surface area (Å²) in [6.45, 7) is 1.74. The summed E-state index contributed by atoms with van der Waals surface area (Å²) in [6.07, 6.45) is 3.42. The van der Waals surface area contributed by atoms with E-state index in [0.29, 0.717) is 27.0 Å². The van der Waals surface area contributed by atoms with Gasteiger partial charge in [0.25, 0.3) is 11.8 Å². The van der Waals surface area contributed by atoms with Crippen molar-refractivity contribution in [2.75, 3.05) is 0 Å². The molecule has 7 nitrogen and oxygen atoms in total. The Kier molecular flexibility index (Phi) is 4.95. The first-order valence-corrected chi connectivity index (χ1v) is 8.88. The number of carbonyl (C=O) groups excluding carboxylic acids is 2. The number of aryl methyl sites for hydroxylation is 2. The fourth-order valence-corrected chi connectivity index (χ4v) is 3.65. The van der Waals surface area contributed by atoms with E-state index in [2.05, 4.69) is 36.7 Å². The molecule has 3 heterocycles. The zero-order chi connectivity index (χ0) is 18.0. The third-order valence-corrected chi connectivity index (χ3v) is 4.99. The van der Waals surface area contributed by atoms with Gasteiger partial charge in [0.1, 0.15) is 15.6 Å². The molecule has 0 aromatic carbocycles. The predicted molar refractivity (Wildman–Crippen MR) is 98.1 cm³/mol. The quantitative estimate of drug-likeness (QED) is 0.638. The molecule has 0 aliphatic carbocycles. The molecule has 25 heavy (non-hydrogen) atoms. The van der Waals surface area contributed by atoms with E-state index in [1.54, 1.807) is 37.0 Å². The molecule has 0 unspecified atom stereocenters. The Morgan fingerprint density at radius 2 is 2.00 bits per heavy atom. The van der Waals surface area contributed by atoms with Crippen molar-refractivity contribution >= 4 is 39.1 Å². The van der Waals surface area contributed by atoms with Gasteiger partial charge in [0.05, 0.1) is 11.4 Å². The van der Waals surface area contributed by atoms with Crippen LogP contribution in [0.1, 0.15) is 25.9 Å². The third-order valence-electron chi connectivity index (χ3n) is 3.38. The predicted octanol–water partition coefficient (Wildman–Crippen LogP) is 2.69. The average molecular weight is 420 g/mol. The monoisotopic (exact) mass is 419 g/mol. The number of rotatable bonds is 3. The van der Waals surface area contributed by atoms with Gasteiger partial charge in [0.15, 0.2) is 0 Å². The van der Waals surface area contributed by atoms with Crippen molar-refractivity contribution in [3.8, 4) is 10.7 Å². The fraction of sp³-hybridized carbons (Fsp3) is 0.125. The van der Waals surface area contributed by atoms with Crippen LogP contribution < -0.4 is 10.9 Å². The molecule has 0 radical (unpaired) electrons. The molecule has 3 aromatic rings. The summed E-state index contributed by atoms with van der Waals surface area (Å²) in [5, 5.41) is 0.654. The van der Waals surface area contributed by atoms with E-state index in [1.807, 2.05) is 18.2 Å². The standard InChI is InChI=1S/C16H14BrN5O2S/c1-9-13(25-16(19-9)11-5-3-4-6-18-11)15(24)21-20-14(23)12-7-10(17)8-22(12)2/h3-8H,1-2H3,(H,20,23)(H,21,24). The number of halogens is 1. The van der Waals surface area contributed by atoms with Crippen LogP contribution in [-0.4, -0.2) is 26.3 Å². The van der Waals surface area contributed by atoms with E-state index < -0.39 is 11.8 Å². The molecule has 0 aliphatic rings. The van der Waals surface area contributed by atoms with E-state index in [1.165, 1.54) is 11.3 Å². The van der Waals surface area contributed by atoms with Gasteiger partial charge < -0.3 is 4.57 Å². The van der Waals surface area contributed by atoms with Gasteiger partial charge >= 0.3 is 0 Å². The van der Waals surface area contributed by atoms with E-state index in [-0.39, 0.29) is 0 Å². The van der Waals surface area contributed by atoms with Crippen LogP contribution in [0.4, 0.5) is 0 Å². The molecule has 2 amide bonds. The lowest BCUT2D eigenvalue weighted by molar-refractivity contribution is 0.0843.